The van der Waals surface area contributed by atoms with E-state index < -0.39 is 0 Å². The standard InChI is InChI=1S/C31H29.C10H14.C5H5.2ClH.Ti/c1-18-11-20(3)30(21(4)12-18)26-9-7-24-15-25-8-10-27(17-29(25)28(24)16-26)31-22(5)13-19(2)14-23(31)6;1-7-2-9-4-8(1)5-10(3-7)6-9;1-2-4-5-3-1;;;/h7-17H,1-6H3;7-10H,1-5H2;1-3H,4H2;2*1H;/q-1;;-1;;;+2/p-2. The maximum absolute atomic E-state index is 2.99. The molecule has 0 radical (unpaired) electrons. The van der Waals surface area contributed by atoms with Crippen LogP contribution in [0, 0.1) is 71.3 Å². The van der Waals surface area contributed by atoms with Gasteiger partial charge >= 0.3 is 79.6 Å². The summed E-state index contributed by atoms with van der Waals surface area (Å²) in [6.07, 6.45) is 17.8. The molecule has 0 N–H and O–H groups in total. The molecule has 0 nitrogen and oxygen atoms in total. The van der Waals surface area contributed by atoms with E-state index in [4.69, 9.17) is 0 Å². The Morgan fingerprint density at radius 1 is 0.592 bits per heavy atom. The fraction of sp³-hybridized carbons (Fsp3) is 0.348. The van der Waals surface area contributed by atoms with Gasteiger partial charge in [-0.15, -0.1) is 46.2 Å². The monoisotopic (exact) mass is 718 g/mol. The van der Waals surface area contributed by atoms with Crippen molar-refractivity contribution in [3.05, 3.63) is 124 Å². The van der Waals surface area contributed by atoms with Gasteiger partial charge in [0, 0.05) is 0 Å². The quantitative estimate of drug-likeness (QED) is 0.147. The summed E-state index contributed by atoms with van der Waals surface area (Å²) >= 11 is 2.42. The molecule has 4 fully saturated rings. The minimum absolute atomic E-state index is 0. The Hall–Kier alpha value is -2.61. The van der Waals surface area contributed by atoms with Crippen molar-refractivity contribution in [2.45, 2.75) is 80.1 Å². The van der Waals surface area contributed by atoms with Gasteiger partial charge in [-0.05, 0) is 86.1 Å². The molecule has 0 spiro atoms. The van der Waals surface area contributed by atoms with Crippen LogP contribution in [-0.2, 0) is 20.0 Å². The first-order valence-electron chi connectivity index (χ1n) is 17.7. The van der Waals surface area contributed by atoms with E-state index in [2.05, 4.69) is 140 Å². The van der Waals surface area contributed by atoms with Crippen LogP contribution in [0.25, 0.3) is 43.8 Å². The number of rotatable bonds is 2. The molecule has 4 bridgehead atoms. The van der Waals surface area contributed by atoms with Gasteiger partial charge < -0.3 is 24.8 Å². The van der Waals surface area contributed by atoms with Crippen LogP contribution in [0.15, 0.2) is 85.0 Å². The van der Waals surface area contributed by atoms with Gasteiger partial charge in [-0.3, -0.25) is 6.08 Å². The van der Waals surface area contributed by atoms with Crippen molar-refractivity contribution in [3.8, 4) is 22.3 Å². The molecule has 5 aromatic carbocycles. The Balaban J connectivity index is 0.000000212. The summed E-state index contributed by atoms with van der Waals surface area (Å²) in [5.41, 5.74) is 13.4. The molecular weight excluding hydrogens is 671 g/mol. The summed E-state index contributed by atoms with van der Waals surface area (Å²) < 4.78 is 1.87. The Bertz CT molecular complexity index is 1860. The normalized spacial score (nSPS) is 21.2. The minimum atomic E-state index is 0. The second-order valence-corrected chi connectivity index (χ2v) is 16.0. The molecule has 0 unspecified atom stereocenters. The zero-order chi connectivity index (χ0) is 32.8. The first kappa shape index (κ1) is 37.6. The summed E-state index contributed by atoms with van der Waals surface area (Å²) in [5.74, 6) is 4.40. The fourth-order valence-corrected chi connectivity index (χ4v) is 10.3. The van der Waals surface area contributed by atoms with Crippen molar-refractivity contribution in [2.75, 3.05) is 0 Å². The van der Waals surface area contributed by atoms with E-state index in [-0.39, 0.29) is 24.8 Å². The third-order valence-electron chi connectivity index (χ3n) is 11.2. The Morgan fingerprint density at radius 3 is 1.37 bits per heavy atom. The molecule has 5 aromatic rings. The molecule has 0 aromatic heterocycles. The van der Waals surface area contributed by atoms with Gasteiger partial charge in [0.25, 0.3) is 0 Å². The molecule has 10 rings (SSSR count). The number of fused-ring (bicyclic) bond motifs is 3. The van der Waals surface area contributed by atoms with Gasteiger partial charge in [0.1, 0.15) is 0 Å². The maximum atomic E-state index is 2.99. The van der Waals surface area contributed by atoms with E-state index in [9.17, 15) is 0 Å². The molecule has 0 saturated heterocycles. The van der Waals surface area contributed by atoms with Crippen LogP contribution in [0.3, 0.4) is 0 Å². The van der Waals surface area contributed by atoms with Crippen LogP contribution in [0.1, 0.15) is 71.9 Å². The molecule has 252 valence electrons. The van der Waals surface area contributed by atoms with Gasteiger partial charge in [0.15, 0.2) is 0 Å². The van der Waals surface area contributed by atoms with Gasteiger partial charge in [0.2, 0.25) is 0 Å². The second kappa shape index (κ2) is 15.7. The zero-order valence-corrected chi connectivity index (χ0v) is 33.0. The summed E-state index contributed by atoms with van der Waals surface area (Å²) in [7, 11) is 0. The third kappa shape index (κ3) is 7.84. The Kier molecular flexibility index (Phi) is 12.1. The summed E-state index contributed by atoms with van der Waals surface area (Å²) in [4.78, 5) is 0. The molecule has 5 aliphatic rings. The number of hydrogen-bond acceptors (Lipinski definition) is 0. The molecule has 0 heterocycles. The molecular formula is C46H48Cl2Ti-2. The van der Waals surface area contributed by atoms with Crippen LogP contribution >= 0.6 is 0 Å². The van der Waals surface area contributed by atoms with Gasteiger partial charge in [-0.2, -0.15) is 6.08 Å². The average Bonchev–Trinajstić information content (AvgIpc) is 3.71. The average molecular weight is 720 g/mol. The van der Waals surface area contributed by atoms with E-state index in [1.165, 1.54) is 77.2 Å². The predicted octanol–water partition coefficient (Wildman–Crippen LogP) is 6.37. The van der Waals surface area contributed by atoms with Crippen LogP contribution < -0.4 is 24.8 Å². The van der Waals surface area contributed by atoms with E-state index >= 15 is 0 Å². The van der Waals surface area contributed by atoms with E-state index in [0.29, 0.717) is 0 Å². The molecule has 4 saturated carbocycles. The molecule has 5 aliphatic carbocycles. The number of halogens is 2. The van der Waals surface area contributed by atoms with Crippen LogP contribution in [0.5, 0.6) is 0 Å². The third-order valence-corrected chi connectivity index (χ3v) is 12.5. The number of benzene rings is 4. The van der Waals surface area contributed by atoms with E-state index in [1.54, 1.807) is 32.1 Å². The number of aryl methyl sites for hydroxylation is 6. The summed E-state index contributed by atoms with van der Waals surface area (Å²) in [5, 5.41) is 5.32. The van der Waals surface area contributed by atoms with Crippen molar-refractivity contribution < 1.29 is 44.8 Å². The number of hydrogen-bond donors (Lipinski definition) is 0. The zero-order valence-electron chi connectivity index (χ0n) is 29.9. The van der Waals surface area contributed by atoms with Crippen LogP contribution in [-0.4, -0.2) is 3.81 Å². The molecule has 49 heavy (non-hydrogen) atoms. The van der Waals surface area contributed by atoms with Crippen LogP contribution in [0.2, 0.25) is 0 Å². The van der Waals surface area contributed by atoms with Crippen LogP contribution in [0.4, 0.5) is 0 Å². The molecule has 0 amide bonds. The first-order valence-corrected chi connectivity index (χ1v) is 18.5. The van der Waals surface area contributed by atoms with Gasteiger partial charge in [-0.1, -0.05) is 59.7 Å². The molecule has 0 atom stereocenters. The summed E-state index contributed by atoms with van der Waals surface area (Å²) in [6.45, 7) is 13.3. The van der Waals surface area contributed by atoms with E-state index in [1.807, 2.05) is 16.0 Å². The Labute approximate surface area is 318 Å². The van der Waals surface area contributed by atoms with Gasteiger partial charge in [0.05, 0.1) is 0 Å². The van der Waals surface area contributed by atoms with E-state index in [0.717, 1.165) is 30.1 Å². The Morgan fingerprint density at radius 2 is 1.02 bits per heavy atom. The molecule has 3 heteroatoms. The van der Waals surface area contributed by atoms with Crippen molar-refractivity contribution in [1.29, 1.82) is 0 Å². The van der Waals surface area contributed by atoms with Crippen molar-refractivity contribution in [1.82, 2.24) is 0 Å². The SMILES string of the molecule is Cc1cc(C)c(-c2ccc3[cH-]c4ccc(-c5c(C)cc(C)cc5C)cc4c3c2)c(C)c1.[C-]1=CC=CC1.[Cl-].[Cl-].[Ti+2]=[C]1C2CC3CC(C2)CC1C3. The summed E-state index contributed by atoms with van der Waals surface area (Å²) in [6, 6.07) is 25.4. The second-order valence-electron chi connectivity index (χ2n) is 15.1. The van der Waals surface area contributed by atoms with Gasteiger partial charge in [-0.25, -0.2) is 12.2 Å². The van der Waals surface area contributed by atoms with Crippen molar-refractivity contribution in [3.63, 3.8) is 0 Å². The number of allylic oxidation sites excluding steroid dienone is 4. The first-order chi connectivity index (χ1) is 22.6. The predicted molar refractivity (Wildman–Crippen MR) is 200 cm³/mol. The van der Waals surface area contributed by atoms with Crippen molar-refractivity contribution >= 4 is 25.4 Å². The molecule has 0 aliphatic heterocycles. The fourth-order valence-electron chi connectivity index (χ4n) is 9.61. The van der Waals surface area contributed by atoms with Crippen molar-refractivity contribution in [2.24, 2.45) is 23.7 Å². The topological polar surface area (TPSA) is 0 Å².